The number of nitrogens with one attached hydrogen (secondary N) is 1. The number of aromatic nitrogens is 2. The predicted molar refractivity (Wildman–Crippen MR) is 224 cm³/mol. The number of Topliss-reactive ketones (excluding diaryl/α,β-unsaturated/α-hetero) is 1. The second-order valence-corrected chi connectivity index (χ2v) is 22.7. The first-order valence-corrected chi connectivity index (χ1v) is 22.3. The lowest BCUT2D eigenvalue weighted by atomic mass is 9.33. The average molecular weight is 798 g/mol. The average Bonchev–Trinajstić information content (AvgIpc) is 3.83. The molecule has 6 aliphatic carbocycles. The topological polar surface area (TPSA) is 125 Å². The molecule has 1 amide bonds. The van der Waals surface area contributed by atoms with Crippen molar-refractivity contribution < 1.29 is 28.7 Å². The number of carbonyl (C=O) groups is 4. The van der Waals surface area contributed by atoms with E-state index in [9.17, 15) is 19.2 Å². The summed E-state index contributed by atoms with van der Waals surface area (Å²) in [7, 11) is 0. The first-order valence-electron chi connectivity index (χ1n) is 22.3. The van der Waals surface area contributed by atoms with E-state index >= 15 is 0 Å². The van der Waals surface area contributed by atoms with Crippen LogP contribution in [0.5, 0.6) is 0 Å². The Morgan fingerprint density at radius 2 is 1.53 bits per heavy atom. The number of amides is 1. The summed E-state index contributed by atoms with van der Waals surface area (Å²) >= 11 is 0. The van der Waals surface area contributed by atoms with Crippen LogP contribution in [0.4, 0.5) is 0 Å². The minimum Gasteiger partial charge on any atom is -0.462 e. The molecule has 9 heteroatoms. The highest BCUT2D eigenvalue weighted by atomic mass is 16.6. The smallest absolute Gasteiger partial charge is 0.312 e. The molecule has 6 aliphatic rings. The van der Waals surface area contributed by atoms with Crippen LogP contribution in [0, 0.1) is 56.2 Å². The Morgan fingerprint density at radius 3 is 2.16 bits per heavy atom. The minimum atomic E-state index is -0.982. The number of fused-ring (bicyclic) bond motifs is 7. The van der Waals surface area contributed by atoms with Crippen molar-refractivity contribution in [2.75, 3.05) is 0 Å². The largest absolute Gasteiger partial charge is 0.462 e. The summed E-state index contributed by atoms with van der Waals surface area (Å²) in [5.74, 6) is 1.31. The van der Waals surface area contributed by atoms with E-state index in [1.54, 1.807) is 38.4 Å². The van der Waals surface area contributed by atoms with E-state index < -0.39 is 22.0 Å². The number of hydrogen-bond donors (Lipinski definition) is 1. The van der Waals surface area contributed by atoms with Crippen molar-refractivity contribution in [3.63, 3.8) is 0 Å². The summed E-state index contributed by atoms with van der Waals surface area (Å²) in [6.45, 7) is 25.7. The van der Waals surface area contributed by atoms with Crippen molar-refractivity contribution >= 4 is 23.6 Å². The molecule has 0 radical (unpaired) electrons. The molecule has 5 fully saturated rings. The normalized spacial score (nSPS) is 36.4. The van der Waals surface area contributed by atoms with Crippen molar-refractivity contribution in [1.29, 1.82) is 0 Å². The van der Waals surface area contributed by atoms with E-state index in [0.717, 1.165) is 69.8 Å². The number of carbonyl (C=O) groups excluding carboxylic acids is 4. The van der Waals surface area contributed by atoms with Gasteiger partial charge in [-0.05, 0) is 162 Å². The van der Waals surface area contributed by atoms with Crippen LogP contribution in [0.3, 0.4) is 0 Å². The highest BCUT2D eigenvalue weighted by Crippen LogP contribution is 2.77. The number of esters is 2. The molecule has 1 heterocycles. The van der Waals surface area contributed by atoms with Gasteiger partial charge in [0.25, 0.3) is 0 Å². The van der Waals surface area contributed by atoms with Crippen molar-refractivity contribution in [2.45, 2.75) is 177 Å². The third kappa shape index (κ3) is 6.90. The Balaban J connectivity index is 1.11. The van der Waals surface area contributed by atoms with Gasteiger partial charge in [0.2, 0.25) is 5.91 Å². The molecule has 0 aromatic carbocycles. The molecule has 0 spiro atoms. The van der Waals surface area contributed by atoms with Crippen LogP contribution in [-0.4, -0.2) is 45.3 Å². The van der Waals surface area contributed by atoms with Crippen LogP contribution in [0.2, 0.25) is 0 Å². The summed E-state index contributed by atoms with van der Waals surface area (Å²) < 4.78 is 12.0. The van der Waals surface area contributed by atoms with Crippen LogP contribution < -0.4 is 5.32 Å². The van der Waals surface area contributed by atoms with Crippen LogP contribution in [-0.2, 0) is 34.2 Å². The SMILES string of the molecule is CC(C)C1=C2[C@H]3CC[C@@H]4[C@@]5(C)CC[C@H](OC(=O)CC(C)(C)C(=O)OC(C)(C)C)C(C)(C)[C@@H]5CC[C@@]4(C)[C@]3(C)CC[C@@]2(C=CC(=O)NC2(c3ncccn3)CC2)CC1=O. The molecular formula is C49H71N3O6. The maximum absolute atomic E-state index is 14.1. The monoisotopic (exact) mass is 798 g/mol. The molecule has 0 saturated heterocycles. The number of nitrogens with zero attached hydrogens (tertiary/aromatic N) is 2. The number of rotatable bonds is 9. The lowest BCUT2D eigenvalue weighted by Gasteiger charge is -2.72. The van der Waals surface area contributed by atoms with E-state index in [-0.39, 0.29) is 69.6 Å². The van der Waals surface area contributed by atoms with Crippen molar-refractivity contribution in [2.24, 2.45) is 56.2 Å². The van der Waals surface area contributed by atoms with E-state index in [0.29, 0.717) is 24.1 Å². The van der Waals surface area contributed by atoms with Gasteiger partial charge in [0, 0.05) is 29.6 Å². The fourth-order valence-corrected chi connectivity index (χ4v) is 13.7. The zero-order valence-corrected chi connectivity index (χ0v) is 37.6. The van der Waals surface area contributed by atoms with Gasteiger partial charge in [-0.2, -0.15) is 0 Å². The number of ether oxygens (including phenoxy) is 2. The highest BCUT2D eigenvalue weighted by Gasteiger charge is 2.70. The van der Waals surface area contributed by atoms with Crippen LogP contribution >= 0.6 is 0 Å². The van der Waals surface area contributed by atoms with E-state index in [2.05, 4.69) is 69.8 Å². The molecule has 318 valence electrons. The number of hydrogen-bond acceptors (Lipinski definition) is 8. The molecule has 1 N–H and O–H groups in total. The molecule has 0 bridgehead atoms. The van der Waals surface area contributed by atoms with Gasteiger partial charge in [0.05, 0.1) is 11.8 Å². The quantitative estimate of drug-likeness (QED) is 0.194. The van der Waals surface area contributed by atoms with Gasteiger partial charge < -0.3 is 14.8 Å². The van der Waals surface area contributed by atoms with Gasteiger partial charge in [0.1, 0.15) is 17.2 Å². The molecule has 8 atom stereocenters. The van der Waals surface area contributed by atoms with E-state index in [1.165, 1.54) is 5.57 Å². The standard InChI is InChI=1S/C49H71N3O6/c1-30(2)38-32(53)28-48(21-18-36(54)52-49(24-25-49)40-50-26-13-27-51-40)23-22-46(11)31(39(38)48)14-15-34-45(10)19-17-35(44(8,9)33(45)16-20-47(34,46)12)57-37(55)29-43(6,7)41(56)58-42(3,4)5/h13,18,21,26-27,30-31,33-35H,14-17,19-20,22-25,28-29H2,1-12H3,(H,52,54)/t31-,33+,34-,35+,45+,46-,47-,48+/m1/s1. The molecule has 0 unspecified atom stereocenters. The van der Waals surface area contributed by atoms with Crippen molar-refractivity contribution in [3.8, 4) is 0 Å². The van der Waals surface area contributed by atoms with Crippen LogP contribution in [0.1, 0.15) is 166 Å². The van der Waals surface area contributed by atoms with Gasteiger partial charge in [-0.1, -0.05) is 54.5 Å². The maximum atomic E-state index is 14.1. The summed E-state index contributed by atoms with van der Waals surface area (Å²) in [6.07, 6.45) is 17.1. The van der Waals surface area contributed by atoms with E-state index in [4.69, 9.17) is 9.47 Å². The van der Waals surface area contributed by atoms with Gasteiger partial charge in [-0.25, -0.2) is 9.97 Å². The number of ketones is 1. The Kier molecular flexibility index (Phi) is 10.4. The zero-order valence-electron chi connectivity index (χ0n) is 37.6. The van der Waals surface area contributed by atoms with E-state index in [1.807, 2.05) is 20.8 Å². The Morgan fingerprint density at radius 1 is 0.862 bits per heavy atom. The third-order valence-corrected chi connectivity index (χ3v) is 16.9. The van der Waals surface area contributed by atoms with Gasteiger partial charge >= 0.3 is 11.9 Å². The lowest BCUT2D eigenvalue weighted by Crippen LogP contribution is -2.65. The van der Waals surface area contributed by atoms with Gasteiger partial charge in [-0.15, -0.1) is 0 Å². The van der Waals surface area contributed by atoms with Crippen LogP contribution in [0.25, 0.3) is 0 Å². The fourth-order valence-electron chi connectivity index (χ4n) is 13.7. The molecule has 9 nitrogen and oxygen atoms in total. The Bertz CT molecular complexity index is 1900. The molecule has 0 aliphatic heterocycles. The number of allylic oxidation sites excluding steroid dienone is 3. The van der Waals surface area contributed by atoms with Gasteiger partial charge in [0.15, 0.2) is 11.6 Å². The predicted octanol–water partition coefficient (Wildman–Crippen LogP) is 9.79. The summed E-state index contributed by atoms with van der Waals surface area (Å²) in [5, 5.41) is 3.23. The molecule has 1 aromatic heterocycles. The second-order valence-electron chi connectivity index (χ2n) is 22.7. The summed E-state index contributed by atoms with van der Waals surface area (Å²) in [5.41, 5.74) is -0.333. The maximum Gasteiger partial charge on any atom is 0.312 e. The first-order chi connectivity index (χ1) is 26.8. The zero-order chi connectivity index (χ0) is 42.5. The van der Waals surface area contributed by atoms with Gasteiger partial charge in [-0.3, -0.25) is 19.2 Å². The van der Waals surface area contributed by atoms with Crippen LogP contribution in [0.15, 0.2) is 41.8 Å². The third-order valence-electron chi connectivity index (χ3n) is 16.9. The lowest BCUT2D eigenvalue weighted by molar-refractivity contribution is -0.232. The second kappa shape index (κ2) is 14.1. The minimum absolute atomic E-state index is 0.00693. The first kappa shape index (κ1) is 42.8. The summed E-state index contributed by atoms with van der Waals surface area (Å²) in [6, 6.07) is 1.79. The van der Waals surface area contributed by atoms with Crippen molar-refractivity contribution in [1.82, 2.24) is 15.3 Å². The molecule has 1 aromatic rings. The summed E-state index contributed by atoms with van der Waals surface area (Å²) in [4.78, 5) is 63.1. The molecule has 58 heavy (non-hydrogen) atoms. The molecular weight excluding hydrogens is 727 g/mol. The molecule has 5 saturated carbocycles. The highest BCUT2D eigenvalue weighted by molar-refractivity contribution is 6.01. The fraction of sp³-hybridized carbons (Fsp3) is 0.755. The molecule has 7 rings (SSSR count). The Hall–Kier alpha value is -3.36. The Labute approximate surface area is 347 Å². The van der Waals surface area contributed by atoms with Crippen molar-refractivity contribution in [3.05, 3.63) is 47.6 Å².